The Morgan fingerprint density at radius 3 is 1.86 bits per heavy atom. The number of ether oxygens (including phenoxy) is 2. The topological polar surface area (TPSA) is 21.7 Å². The van der Waals surface area contributed by atoms with Crippen molar-refractivity contribution in [2.75, 3.05) is 39.5 Å². The molecular weight excluding hydrogens is 590 g/mol. The summed E-state index contributed by atoms with van der Waals surface area (Å²) >= 11 is 7.53. The van der Waals surface area contributed by atoms with E-state index in [1.807, 2.05) is 0 Å². The van der Waals surface area contributed by atoms with Crippen LogP contribution in [0.3, 0.4) is 0 Å². The molecule has 4 aromatic carbocycles. The summed E-state index contributed by atoms with van der Waals surface area (Å²) in [6, 6.07) is 31.1. The van der Waals surface area contributed by atoms with Gasteiger partial charge in [-0.1, -0.05) is 86.0 Å². The van der Waals surface area contributed by atoms with Crippen LogP contribution in [0.4, 0.5) is 0 Å². The minimum Gasteiger partial charge on any atom is -0.492 e. The maximum atomic E-state index is 6.16. The Balaban J connectivity index is 1.43. The fourth-order valence-corrected chi connectivity index (χ4v) is 6.50. The number of nitrogens with zero attached hydrogens (tertiary/aromatic N) is 1. The van der Waals surface area contributed by atoms with E-state index in [1.54, 1.807) is 0 Å². The number of aryl methyl sites for hydroxylation is 1. The molecule has 1 aliphatic carbocycles. The number of hydrogen-bond donors (Lipinski definition) is 0. The molecule has 0 unspecified atom stereocenters. The largest absolute Gasteiger partial charge is 0.492 e. The van der Waals surface area contributed by atoms with E-state index in [9.17, 15) is 0 Å². The van der Waals surface area contributed by atoms with E-state index in [0.717, 1.165) is 47.5 Å². The zero-order valence-corrected chi connectivity index (χ0v) is 24.0. The average molecular weight is 619 g/mol. The normalized spacial score (nSPS) is 16.3. The number of benzene rings is 4. The molecule has 0 bridgehead atoms. The molecule has 3 nitrogen and oxygen atoms in total. The lowest BCUT2D eigenvalue weighted by Gasteiger charge is -2.34. The van der Waals surface area contributed by atoms with E-state index in [-0.39, 0.29) is 0 Å². The van der Waals surface area contributed by atoms with Crippen LogP contribution < -0.4 is 4.74 Å². The Morgan fingerprint density at radius 2 is 1.30 bits per heavy atom. The van der Waals surface area contributed by atoms with Crippen LogP contribution in [0.1, 0.15) is 27.8 Å². The molecule has 6 rings (SSSR count). The second kappa shape index (κ2) is 10.4. The third-order valence-electron chi connectivity index (χ3n) is 7.61. The quantitative estimate of drug-likeness (QED) is 0.196. The first-order chi connectivity index (χ1) is 18.1. The summed E-state index contributed by atoms with van der Waals surface area (Å²) in [5.41, 5.74) is 8.44. The van der Waals surface area contributed by atoms with E-state index in [4.69, 9.17) is 9.47 Å². The lowest BCUT2D eigenvalue weighted by atomic mass is 9.67. The Kier molecular flexibility index (Phi) is 6.97. The third kappa shape index (κ3) is 4.57. The van der Waals surface area contributed by atoms with E-state index < -0.39 is 5.41 Å². The van der Waals surface area contributed by atoms with Crippen molar-refractivity contribution in [3.05, 3.63) is 122 Å². The van der Waals surface area contributed by atoms with Gasteiger partial charge in [0.05, 0.1) is 18.6 Å². The summed E-state index contributed by atoms with van der Waals surface area (Å²) in [6.07, 6.45) is 0. The molecule has 1 fully saturated rings. The van der Waals surface area contributed by atoms with Gasteiger partial charge in [-0.2, -0.15) is 0 Å². The predicted molar refractivity (Wildman–Crippen MR) is 157 cm³/mol. The van der Waals surface area contributed by atoms with Gasteiger partial charge in [-0.25, -0.2) is 0 Å². The highest BCUT2D eigenvalue weighted by Crippen LogP contribution is 2.57. The van der Waals surface area contributed by atoms with Crippen molar-refractivity contribution in [1.82, 2.24) is 4.90 Å². The third-order valence-corrected chi connectivity index (χ3v) is 8.60. The minimum absolute atomic E-state index is 0.432. The smallest absolute Gasteiger partial charge is 0.119 e. The van der Waals surface area contributed by atoms with Crippen molar-refractivity contribution in [3.63, 3.8) is 0 Å². The highest BCUT2D eigenvalue weighted by molar-refractivity contribution is 9.10. The molecule has 4 aromatic rings. The number of morpholine rings is 1. The molecule has 1 heterocycles. The monoisotopic (exact) mass is 617 g/mol. The van der Waals surface area contributed by atoms with Crippen LogP contribution in [-0.2, 0) is 10.2 Å². The summed E-state index contributed by atoms with van der Waals surface area (Å²) < 4.78 is 13.8. The van der Waals surface area contributed by atoms with E-state index in [0.29, 0.717) is 6.61 Å². The highest BCUT2D eigenvalue weighted by atomic mass is 79.9. The van der Waals surface area contributed by atoms with Crippen molar-refractivity contribution >= 4 is 31.9 Å². The first-order valence-electron chi connectivity index (χ1n) is 12.8. The average Bonchev–Trinajstić information content (AvgIpc) is 3.19. The molecular formula is C32H29Br2NO2. The van der Waals surface area contributed by atoms with Gasteiger partial charge in [-0.3, -0.25) is 4.90 Å². The van der Waals surface area contributed by atoms with Crippen molar-refractivity contribution in [2.24, 2.45) is 0 Å². The molecule has 1 saturated heterocycles. The molecule has 188 valence electrons. The van der Waals surface area contributed by atoms with Gasteiger partial charge in [-0.15, -0.1) is 0 Å². The molecule has 1 aliphatic heterocycles. The van der Waals surface area contributed by atoms with Crippen LogP contribution in [0.25, 0.3) is 11.1 Å². The first-order valence-corrected chi connectivity index (χ1v) is 14.4. The van der Waals surface area contributed by atoms with Crippen LogP contribution in [-0.4, -0.2) is 44.4 Å². The Morgan fingerprint density at radius 1 is 0.757 bits per heavy atom. The molecule has 2 aliphatic rings. The fourth-order valence-electron chi connectivity index (χ4n) is 5.78. The van der Waals surface area contributed by atoms with Crippen molar-refractivity contribution in [2.45, 2.75) is 12.3 Å². The minimum atomic E-state index is -0.432. The van der Waals surface area contributed by atoms with Gasteiger partial charge in [0, 0.05) is 28.6 Å². The molecule has 0 spiro atoms. The van der Waals surface area contributed by atoms with Crippen LogP contribution in [0.5, 0.6) is 5.75 Å². The SMILES string of the molecule is Cc1ccc(C2(c3ccc(OCCN4CCOCC4)cc3)c3cc(Br)ccc3-c3ccc(Br)cc32)cc1. The van der Waals surface area contributed by atoms with Gasteiger partial charge in [-0.05, 0) is 76.7 Å². The van der Waals surface area contributed by atoms with Gasteiger partial charge in [0.15, 0.2) is 0 Å². The Labute approximate surface area is 235 Å². The van der Waals surface area contributed by atoms with Crippen LogP contribution in [0.2, 0.25) is 0 Å². The van der Waals surface area contributed by atoms with Crippen LogP contribution >= 0.6 is 31.9 Å². The number of hydrogen-bond acceptors (Lipinski definition) is 3. The Bertz CT molecular complexity index is 1360. The molecule has 0 N–H and O–H groups in total. The van der Waals surface area contributed by atoms with Gasteiger partial charge >= 0.3 is 0 Å². The fraction of sp³-hybridized carbons (Fsp3) is 0.250. The Hall–Kier alpha value is -2.44. The maximum absolute atomic E-state index is 6.16. The van der Waals surface area contributed by atoms with Crippen LogP contribution in [0, 0.1) is 6.92 Å². The molecule has 37 heavy (non-hydrogen) atoms. The van der Waals surface area contributed by atoms with Gasteiger partial charge in [0.2, 0.25) is 0 Å². The van der Waals surface area contributed by atoms with Crippen molar-refractivity contribution in [3.8, 4) is 16.9 Å². The summed E-state index contributed by atoms with van der Waals surface area (Å²) in [6.45, 7) is 7.31. The standard InChI is InChI=1S/C32H29Br2NO2/c1-22-2-4-23(5-3-22)32(24-6-10-27(11-7-24)37-19-16-35-14-17-36-18-15-35)30-20-25(33)8-12-28(30)29-13-9-26(34)21-31(29)32/h2-13,20-21H,14-19H2,1H3. The van der Waals surface area contributed by atoms with Crippen molar-refractivity contribution in [1.29, 1.82) is 0 Å². The van der Waals surface area contributed by atoms with Crippen LogP contribution in [0.15, 0.2) is 93.9 Å². The molecule has 5 heteroatoms. The molecule has 0 aromatic heterocycles. The lowest BCUT2D eigenvalue weighted by Crippen LogP contribution is -2.38. The predicted octanol–water partition coefficient (Wildman–Crippen LogP) is 7.59. The molecule has 0 atom stereocenters. The summed E-state index contributed by atoms with van der Waals surface area (Å²) in [4.78, 5) is 2.40. The summed E-state index contributed by atoms with van der Waals surface area (Å²) in [5.74, 6) is 0.901. The second-order valence-electron chi connectivity index (χ2n) is 9.82. The van der Waals surface area contributed by atoms with Gasteiger partial charge in [0.25, 0.3) is 0 Å². The van der Waals surface area contributed by atoms with E-state index in [1.165, 1.54) is 38.9 Å². The molecule has 0 amide bonds. The molecule has 0 radical (unpaired) electrons. The second-order valence-corrected chi connectivity index (χ2v) is 11.7. The first kappa shape index (κ1) is 24.9. The zero-order valence-electron chi connectivity index (χ0n) is 20.8. The highest BCUT2D eigenvalue weighted by Gasteiger charge is 2.46. The zero-order chi connectivity index (χ0) is 25.4. The van der Waals surface area contributed by atoms with Crippen molar-refractivity contribution < 1.29 is 9.47 Å². The number of rotatable bonds is 6. The van der Waals surface area contributed by atoms with E-state index in [2.05, 4.69) is 129 Å². The lowest BCUT2D eigenvalue weighted by molar-refractivity contribution is 0.0322. The number of halogens is 2. The van der Waals surface area contributed by atoms with Gasteiger partial charge < -0.3 is 9.47 Å². The maximum Gasteiger partial charge on any atom is 0.119 e. The van der Waals surface area contributed by atoms with E-state index >= 15 is 0 Å². The van der Waals surface area contributed by atoms with Gasteiger partial charge in [0.1, 0.15) is 12.4 Å². The molecule has 0 saturated carbocycles. The summed E-state index contributed by atoms with van der Waals surface area (Å²) in [7, 11) is 0. The summed E-state index contributed by atoms with van der Waals surface area (Å²) in [5, 5.41) is 0. The number of fused-ring (bicyclic) bond motifs is 3.